The number of anilines is 1. The van der Waals surface area contributed by atoms with Crippen LogP contribution in [0.4, 0.5) is 5.69 Å². The molecule has 0 saturated carbocycles. The monoisotopic (exact) mass is 294 g/mol. The molecule has 4 rings (SSSR count). The van der Waals surface area contributed by atoms with E-state index in [4.69, 9.17) is 9.47 Å². The van der Waals surface area contributed by atoms with Crippen LogP contribution >= 0.6 is 0 Å². The zero-order valence-corrected chi connectivity index (χ0v) is 12.9. The standard InChI is InChI=1S/C18H18N2O2/c1-12-10-17-18(22-16-7-5-4-6-15(16)21-17)11-14(12)20-9-8-19(3)13(20)2/h4-11,13H,1-3H3/t13-/m0/s1. The van der Waals surface area contributed by atoms with Gasteiger partial charge in [0, 0.05) is 31.2 Å². The van der Waals surface area contributed by atoms with E-state index < -0.39 is 0 Å². The van der Waals surface area contributed by atoms with E-state index in [0.717, 1.165) is 34.2 Å². The first-order valence-corrected chi connectivity index (χ1v) is 7.41. The van der Waals surface area contributed by atoms with Gasteiger partial charge in [-0.05, 0) is 37.6 Å². The lowest BCUT2D eigenvalue weighted by Gasteiger charge is -2.30. The molecule has 22 heavy (non-hydrogen) atoms. The van der Waals surface area contributed by atoms with Crippen molar-refractivity contribution in [2.24, 2.45) is 0 Å². The number of aryl methyl sites for hydroxylation is 1. The summed E-state index contributed by atoms with van der Waals surface area (Å²) in [4.78, 5) is 4.41. The number of fused-ring (bicyclic) bond motifs is 2. The Kier molecular flexibility index (Phi) is 2.79. The molecule has 4 heteroatoms. The number of benzene rings is 2. The van der Waals surface area contributed by atoms with Crippen LogP contribution in [0, 0.1) is 6.92 Å². The third-order valence-corrected chi connectivity index (χ3v) is 4.28. The van der Waals surface area contributed by atoms with Crippen molar-refractivity contribution < 1.29 is 9.47 Å². The number of para-hydroxylation sites is 2. The molecule has 0 saturated heterocycles. The average molecular weight is 294 g/mol. The van der Waals surface area contributed by atoms with E-state index in [0.29, 0.717) is 0 Å². The van der Waals surface area contributed by atoms with Gasteiger partial charge in [0.25, 0.3) is 0 Å². The Morgan fingerprint density at radius 2 is 1.55 bits per heavy atom. The zero-order chi connectivity index (χ0) is 15.3. The van der Waals surface area contributed by atoms with Crippen LogP contribution in [0.25, 0.3) is 0 Å². The van der Waals surface area contributed by atoms with E-state index in [-0.39, 0.29) is 6.17 Å². The van der Waals surface area contributed by atoms with Crippen LogP contribution in [0.3, 0.4) is 0 Å². The molecule has 0 fully saturated rings. The van der Waals surface area contributed by atoms with Gasteiger partial charge in [-0.25, -0.2) is 0 Å². The minimum atomic E-state index is 0.286. The summed E-state index contributed by atoms with van der Waals surface area (Å²) in [6.07, 6.45) is 4.46. The van der Waals surface area contributed by atoms with Gasteiger partial charge >= 0.3 is 0 Å². The van der Waals surface area contributed by atoms with Gasteiger partial charge in [0.1, 0.15) is 6.17 Å². The number of rotatable bonds is 1. The first-order chi connectivity index (χ1) is 10.6. The molecule has 1 atom stereocenters. The lowest BCUT2D eigenvalue weighted by Crippen LogP contribution is -2.33. The van der Waals surface area contributed by atoms with Gasteiger partial charge in [-0.15, -0.1) is 0 Å². The molecule has 0 unspecified atom stereocenters. The average Bonchev–Trinajstić information content (AvgIpc) is 2.84. The van der Waals surface area contributed by atoms with Crippen LogP contribution in [0.2, 0.25) is 0 Å². The Hall–Kier alpha value is -2.62. The van der Waals surface area contributed by atoms with E-state index in [1.165, 1.54) is 0 Å². The number of ether oxygens (including phenoxy) is 2. The maximum absolute atomic E-state index is 6.01. The lowest BCUT2D eigenvalue weighted by atomic mass is 10.1. The highest BCUT2D eigenvalue weighted by atomic mass is 16.6. The summed E-state index contributed by atoms with van der Waals surface area (Å²) in [5.41, 5.74) is 2.29. The van der Waals surface area contributed by atoms with Gasteiger partial charge in [-0.3, -0.25) is 0 Å². The third kappa shape index (κ3) is 1.91. The van der Waals surface area contributed by atoms with Crippen LogP contribution in [0.5, 0.6) is 23.0 Å². The number of hydrogen-bond donors (Lipinski definition) is 0. The summed E-state index contributed by atoms with van der Waals surface area (Å²) in [5, 5.41) is 0. The zero-order valence-electron chi connectivity index (χ0n) is 12.9. The maximum Gasteiger partial charge on any atom is 0.172 e. The third-order valence-electron chi connectivity index (χ3n) is 4.28. The summed E-state index contributed by atoms with van der Waals surface area (Å²) < 4.78 is 12.0. The van der Waals surface area contributed by atoms with E-state index in [1.807, 2.05) is 30.3 Å². The van der Waals surface area contributed by atoms with E-state index >= 15 is 0 Å². The molecule has 4 nitrogen and oxygen atoms in total. The highest BCUT2D eigenvalue weighted by molar-refractivity contribution is 5.66. The molecule has 0 N–H and O–H groups in total. The summed E-state index contributed by atoms with van der Waals surface area (Å²) in [5.74, 6) is 3.04. The predicted molar refractivity (Wildman–Crippen MR) is 86.6 cm³/mol. The lowest BCUT2D eigenvalue weighted by molar-refractivity contribution is 0.358. The Morgan fingerprint density at radius 1 is 0.909 bits per heavy atom. The van der Waals surface area contributed by atoms with Gasteiger partial charge in [0.15, 0.2) is 23.0 Å². The predicted octanol–water partition coefficient (Wildman–Crippen LogP) is 4.46. The Balaban J connectivity index is 1.75. The molecule has 2 aliphatic rings. The van der Waals surface area contributed by atoms with Crippen molar-refractivity contribution in [1.29, 1.82) is 0 Å². The molecule has 112 valence electrons. The van der Waals surface area contributed by atoms with Gasteiger partial charge in [0.2, 0.25) is 0 Å². The highest BCUT2D eigenvalue weighted by Gasteiger charge is 2.25. The van der Waals surface area contributed by atoms with Crippen LogP contribution in [-0.4, -0.2) is 18.1 Å². The number of nitrogens with zero attached hydrogens (tertiary/aromatic N) is 2. The smallest absolute Gasteiger partial charge is 0.172 e. The van der Waals surface area contributed by atoms with Gasteiger partial charge in [0.05, 0.1) is 0 Å². The van der Waals surface area contributed by atoms with Crippen LogP contribution in [0.1, 0.15) is 12.5 Å². The maximum atomic E-state index is 6.01. The van der Waals surface area contributed by atoms with E-state index in [1.54, 1.807) is 0 Å². The Labute approximate surface area is 130 Å². The molecule has 0 radical (unpaired) electrons. The van der Waals surface area contributed by atoms with Crippen molar-refractivity contribution >= 4 is 5.69 Å². The van der Waals surface area contributed by atoms with Crippen molar-refractivity contribution in [2.75, 3.05) is 11.9 Å². The van der Waals surface area contributed by atoms with Crippen molar-refractivity contribution in [1.82, 2.24) is 4.90 Å². The summed E-state index contributed by atoms with van der Waals surface area (Å²) in [6.45, 7) is 4.27. The molecular formula is C18H18N2O2. The molecule has 2 heterocycles. The van der Waals surface area contributed by atoms with Crippen molar-refractivity contribution in [3.05, 3.63) is 54.4 Å². The van der Waals surface area contributed by atoms with Crippen LogP contribution < -0.4 is 14.4 Å². The van der Waals surface area contributed by atoms with Gasteiger partial charge < -0.3 is 19.3 Å². The van der Waals surface area contributed by atoms with E-state index in [9.17, 15) is 0 Å². The van der Waals surface area contributed by atoms with Crippen LogP contribution in [0.15, 0.2) is 48.8 Å². The second-order valence-corrected chi connectivity index (χ2v) is 5.74. The van der Waals surface area contributed by atoms with E-state index in [2.05, 4.69) is 49.2 Å². The van der Waals surface area contributed by atoms with Gasteiger partial charge in [-0.1, -0.05) is 12.1 Å². The SMILES string of the molecule is Cc1cc2c(cc1N1C=CN(C)[C@@H]1C)Oc1ccccc1O2. The largest absolute Gasteiger partial charge is 0.450 e. The van der Waals surface area contributed by atoms with Gasteiger partial charge in [-0.2, -0.15) is 0 Å². The van der Waals surface area contributed by atoms with Crippen molar-refractivity contribution in [3.8, 4) is 23.0 Å². The quantitative estimate of drug-likeness (QED) is 0.661. The fraction of sp³-hybridized carbons (Fsp3) is 0.222. The fourth-order valence-electron chi connectivity index (χ4n) is 2.85. The molecule has 0 bridgehead atoms. The van der Waals surface area contributed by atoms with Crippen molar-refractivity contribution in [3.63, 3.8) is 0 Å². The first kappa shape index (κ1) is 13.1. The second kappa shape index (κ2) is 4.70. The molecule has 2 aromatic carbocycles. The Morgan fingerprint density at radius 3 is 2.14 bits per heavy atom. The molecule has 0 aliphatic carbocycles. The molecular weight excluding hydrogens is 276 g/mol. The number of hydrogen-bond acceptors (Lipinski definition) is 4. The fourth-order valence-corrected chi connectivity index (χ4v) is 2.85. The summed E-state index contributed by atoms with van der Waals surface area (Å²) in [6, 6.07) is 11.8. The van der Waals surface area contributed by atoms with Crippen molar-refractivity contribution in [2.45, 2.75) is 20.0 Å². The molecule has 0 spiro atoms. The summed E-state index contributed by atoms with van der Waals surface area (Å²) in [7, 11) is 2.07. The highest BCUT2D eigenvalue weighted by Crippen LogP contribution is 2.47. The molecule has 0 aromatic heterocycles. The van der Waals surface area contributed by atoms with Crippen LogP contribution in [-0.2, 0) is 0 Å². The molecule has 2 aromatic rings. The summed E-state index contributed by atoms with van der Waals surface area (Å²) >= 11 is 0. The molecule has 2 aliphatic heterocycles. The Bertz CT molecular complexity index is 770. The normalized spacial score (nSPS) is 18.6. The minimum Gasteiger partial charge on any atom is -0.450 e. The topological polar surface area (TPSA) is 24.9 Å². The second-order valence-electron chi connectivity index (χ2n) is 5.74. The first-order valence-electron chi connectivity index (χ1n) is 7.41. The molecule has 0 amide bonds. The minimum absolute atomic E-state index is 0.286.